The van der Waals surface area contributed by atoms with Gasteiger partial charge in [-0.05, 0) is 47.1 Å². The summed E-state index contributed by atoms with van der Waals surface area (Å²) in [7, 11) is 4.06. The van der Waals surface area contributed by atoms with Crippen molar-refractivity contribution in [2.45, 2.75) is 6.42 Å². The van der Waals surface area contributed by atoms with Crippen molar-refractivity contribution in [1.82, 2.24) is 10.2 Å². The van der Waals surface area contributed by atoms with Crippen LogP contribution in [0.5, 0.6) is 0 Å². The van der Waals surface area contributed by atoms with Crippen molar-refractivity contribution >= 4 is 0 Å². The Morgan fingerprint density at radius 2 is 2.22 bits per heavy atom. The molecule has 0 heterocycles. The first-order valence-electron chi connectivity index (χ1n) is 3.43. The highest BCUT2D eigenvalue weighted by Crippen LogP contribution is 1.82. The van der Waals surface area contributed by atoms with Crippen LogP contribution in [0.4, 0.5) is 0 Å². The molecule has 0 amide bonds. The van der Waals surface area contributed by atoms with Crippen LogP contribution >= 0.6 is 0 Å². The number of nitrogens with one attached hydrogen (secondary N) is 1. The van der Waals surface area contributed by atoms with Crippen LogP contribution in [0.25, 0.3) is 0 Å². The summed E-state index contributed by atoms with van der Waals surface area (Å²) < 4.78 is 0. The highest BCUT2D eigenvalue weighted by atomic mass is 15.1. The molecule has 2 nitrogen and oxygen atoms in total. The van der Waals surface area contributed by atoms with Gasteiger partial charge in [-0.3, -0.25) is 0 Å². The van der Waals surface area contributed by atoms with E-state index in [2.05, 4.69) is 24.2 Å². The Hall–Kier alpha value is -0.0800. The molecular formula is C7H17N2. The fourth-order valence-corrected chi connectivity index (χ4v) is 0.638. The van der Waals surface area contributed by atoms with Gasteiger partial charge in [-0.25, -0.2) is 0 Å². The highest BCUT2D eigenvalue weighted by molar-refractivity contribution is 4.52. The maximum Gasteiger partial charge on any atom is -0.000969 e. The molecule has 1 radical (unpaired) electrons. The predicted molar refractivity (Wildman–Crippen MR) is 41.4 cm³/mol. The summed E-state index contributed by atoms with van der Waals surface area (Å²) >= 11 is 0. The molecule has 0 aliphatic rings. The van der Waals surface area contributed by atoms with E-state index in [9.17, 15) is 0 Å². The number of hydrogen-bond donors (Lipinski definition) is 1. The van der Waals surface area contributed by atoms with E-state index >= 15 is 0 Å². The third-order valence-electron chi connectivity index (χ3n) is 1.35. The van der Waals surface area contributed by atoms with Crippen molar-refractivity contribution in [3.05, 3.63) is 6.92 Å². The van der Waals surface area contributed by atoms with Crippen molar-refractivity contribution in [3.63, 3.8) is 0 Å². The summed E-state index contributed by atoms with van der Waals surface area (Å²) in [5, 5.41) is 3.10. The van der Waals surface area contributed by atoms with Gasteiger partial charge >= 0.3 is 0 Å². The molecule has 1 N–H and O–H groups in total. The van der Waals surface area contributed by atoms with Gasteiger partial charge in [0.25, 0.3) is 0 Å². The topological polar surface area (TPSA) is 15.3 Å². The summed E-state index contributed by atoms with van der Waals surface area (Å²) in [5.74, 6) is 0. The molecule has 0 aromatic heterocycles. The van der Waals surface area contributed by atoms with Crippen molar-refractivity contribution in [2.24, 2.45) is 0 Å². The van der Waals surface area contributed by atoms with Crippen LogP contribution < -0.4 is 5.32 Å². The molecule has 0 bridgehead atoms. The highest BCUT2D eigenvalue weighted by Gasteiger charge is 1.90. The second-order valence-corrected chi connectivity index (χ2v) is 2.26. The summed E-state index contributed by atoms with van der Waals surface area (Å²) in [4.78, 5) is 2.21. The molecule has 0 saturated carbocycles. The largest absolute Gasteiger partial charge is 0.320 e. The summed E-state index contributed by atoms with van der Waals surface area (Å²) in [6, 6.07) is 0. The number of rotatable bonds is 5. The van der Waals surface area contributed by atoms with Crippen LogP contribution in [0.2, 0.25) is 0 Å². The first kappa shape index (κ1) is 8.92. The van der Waals surface area contributed by atoms with E-state index < -0.39 is 0 Å². The zero-order chi connectivity index (χ0) is 7.11. The average Bonchev–Trinajstić information content (AvgIpc) is 1.89. The lowest BCUT2D eigenvalue weighted by Gasteiger charge is -2.12. The minimum Gasteiger partial charge on any atom is -0.320 e. The Morgan fingerprint density at radius 1 is 1.56 bits per heavy atom. The maximum atomic E-state index is 3.77. The van der Waals surface area contributed by atoms with E-state index in [0.29, 0.717) is 0 Å². The third-order valence-corrected chi connectivity index (χ3v) is 1.35. The molecule has 0 unspecified atom stereocenters. The Labute approximate surface area is 58.2 Å². The molecular weight excluding hydrogens is 112 g/mol. The van der Waals surface area contributed by atoms with Gasteiger partial charge in [0, 0.05) is 0 Å². The lowest BCUT2D eigenvalue weighted by Crippen LogP contribution is -2.22. The molecule has 2 heteroatoms. The quantitative estimate of drug-likeness (QED) is 0.539. The second kappa shape index (κ2) is 6.05. The van der Waals surface area contributed by atoms with Crippen LogP contribution in [-0.4, -0.2) is 38.6 Å². The Morgan fingerprint density at radius 3 is 2.67 bits per heavy atom. The molecule has 0 spiro atoms. The van der Waals surface area contributed by atoms with Gasteiger partial charge in [0.15, 0.2) is 0 Å². The fourth-order valence-electron chi connectivity index (χ4n) is 0.638. The normalized spacial score (nSPS) is 10.7. The summed E-state index contributed by atoms with van der Waals surface area (Å²) in [6.07, 6.45) is 1.21. The van der Waals surface area contributed by atoms with Gasteiger partial charge in [-0.15, -0.1) is 0 Å². The third kappa shape index (κ3) is 5.80. The predicted octanol–water partition coefficient (Wildman–Crippen LogP) is 0.362. The van der Waals surface area contributed by atoms with E-state index in [4.69, 9.17) is 0 Å². The van der Waals surface area contributed by atoms with E-state index in [1.807, 2.05) is 7.05 Å². The van der Waals surface area contributed by atoms with E-state index in [1.54, 1.807) is 0 Å². The van der Waals surface area contributed by atoms with Gasteiger partial charge < -0.3 is 10.2 Å². The van der Waals surface area contributed by atoms with Crippen LogP contribution in [-0.2, 0) is 0 Å². The molecule has 0 saturated heterocycles. The Bertz CT molecular complexity index is 54.9. The smallest absolute Gasteiger partial charge is 0.000969 e. The van der Waals surface area contributed by atoms with Gasteiger partial charge in [-0.2, -0.15) is 0 Å². The molecule has 0 rings (SSSR count). The van der Waals surface area contributed by atoms with E-state index in [1.165, 1.54) is 6.42 Å². The molecule has 0 aromatic carbocycles. The molecule has 0 fully saturated rings. The fraction of sp³-hybridized carbons (Fsp3) is 0.857. The lowest BCUT2D eigenvalue weighted by atomic mass is 10.4. The van der Waals surface area contributed by atoms with Gasteiger partial charge in [0.1, 0.15) is 0 Å². The number of hydrogen-bond acceptors (Lipinski definition) is 2. The van der Waals surface area contributed by atoms with Crippen molar-refractivity contribution < 1.29 is 0 Å². The van der Waals surface area contributed by atoms with Gasteiger partial charge in [0.2, 0.25) is 0 Å². The molecule has 55 valence electrons. The van der Waals surface area contributed by atoms with Crippen LogP contribution in [0.3, 0.4) is 0 Å². The maximum absolute atomic E-state index is 3.77. The van der Waals surface area contributed by atoms with Gasteiger partial charge in [-0.1, -0.05) is 0 Å². The molecule has 0 aliphatic carbocycles. The first-order valence-corrected chi connectivity index (χ1v) is 3.43. The summed E-state index contributed by atoms with van der Waals surface area (Å²) in [6.45, 7) is 6.92. The lowest BCUT2D eigenvalue weighted by molar-refractivity contribution is 0.361. The zero-order valence-electron chi connectivity index (χ0n) is 6.48. The zero-order valence-corrected chi connectivity index (χ0v) is 6.48. The monoisotopic (exact) mass is 129 g/mol. The minimum absolute atomic E-state index is 0.906. The van der Waals surface area contributed by atoms with Crippen molar-refractivity contribution in [1.29, 1.82) is 0 Å². The van der Waals surface area contributed by atoms with Crippen molar-refractivity contribution in [2.75, 3.05) is 33.7 Å². The standard InChI is InChI=1S/C7H17N2/c1-4-9(3)7-5-6-8-2/h8H,1,4-7H2,2-3H3. The SMILES string of the molecule is [CH2]CN(C)CCCNC. The van der Waals surface area contributed by atoms with Crippen molar-refractivity contribution in [3.8, 4) is 0 Å². The molecule has 0 atom stereocenters. The molecule has 0 aliphatic heterocycles. The number of nitrogens with zero attached hydrogens (tertiary/aromatic N) is 1. The average molecular weight is 129 g/mol. The Kier molecular flexibility index (Phi) is 5.99. The minimum atomic E-state index is 0.906. The van der Waals surface area contributed by atoms with Crippen LogP contribution in [0.15, 0.2) is 0 Å². The van der Waals surface area contributed by atoms with Gasteiger partial charge in [0.05, 0.1) is 0 Å². The molecule has 0 aromatic rings. The Balaban J connectivity index is 2.88. The van der Waals surface area contributed by atoms with Crippen LogP contribution in [0.1, 0.15) is 6.42 Å². The van der Waals surface area contributed by atoms with E-state index in [-0.39, 0.29) is 0 Å². The van der Waals surface area contributed by atoms with Crippen LogP contribution in [0, 0.1) is 6.92 Å². The summed E-state index contributed by atoms with van der Waals surface area (Å²) in [5.41, 5.74) is 0. The first-order chi connectivity index (χ1) is 4.31. The molecule has 9 heavy (non-hydrogen) atoms. The van der Waals surface area contributed by atoms with E-state index in [0.717, 1.165) is 19.6 Å². The second-order valence-electron chi connectivity index (χ2n) is 2.26.